The number of alkyl halides is 2. The number of nitrogens with one attached hydrogen (secondary N) is 1. The highest BCUT2D eigenvalue weighted by Crippen LogP contribution is 2.26. The van der Waals surface area contributed by atoms with Crippen molar-refractivity contribution in [3.8, 4) is 17.2 Å². The van der Waals surface area contributed by atoms with Crippen molar-refractivity contribution in [3.05, 3.63) is 48.5 Å². The Morgan fingerprint density at radius 1 is 1.22 bits per heavy atom. The molecule has 0 aliphatic carbocycles. The maximum atomic E-state index is 12.4. The zero-order valence-electron chi connectivity index (χ0n) is 13.6. The number of carbonyl (C=O) groups is 1. The molecule has 1 aromatic heterocycles. The summed E-state index contributed by atoms with van der Waals surface area (Å²) in [4.78, 5) is 12.2. The third-order valence-corrected chi connectivity index (χ3v) is 4.16. The van der Waals surface area contributed by atoms with E-state index in [1.165, 1.54) is 35.0 Å². The topological polar surface area (TPSA) is 102 Å². The predicted octanol–water partition coefficient (Wildman–Crippen LogP) is 2.70. The first kappa shape index (κ1) is 18.6. The van der Waals surface area contributed by atoms with Crippen LogP contribution in [0.25, 0.3) is 5.69 Å². The first-order valence-electron chi connectivity index (χ1n) is 7.57. The molecule has 1 heterocycles. The number of rotatable bonds is 7. The summed E-state index contributed by atoms with van der Waals surface area (Å²) in [5.74, 6) is -0.517. The van der Waals surface area contributed by atoms with Gasteiger partial charge in [0.05, 0.1) is 17.1 Å². The number of anilines is 1. The second-order valence-electron chi connectivity index (χ2n) is 5.10. The predicted molar refractivity (Wildman–Crippen MR) is 93.2 cm³/mol. The van der Waals surface area contributed by atoms with Crippen LogP contribution >= 0.6 is 11.8 Å². The Balaban J connectivity index is 1.64. The fraction of sp³-hybridized carbons (Fsp3) is 0.125. The van der Waals surface area contributed by atoms with E-state index in [0.717, 1.165) is 11.8 Å². The normalized spacial score (nSPS) is 10.8. The molecule has 2 aromatic carbocycles. The van der Waals surface area contributed by atoms with Crippen molar-refractivity contribution in [1.82, 2.24) is 20.2 Å². The molecule has 0 atom stereocenters. The van der Waals surface area contributed by atoms with Crippen LogP contribution in [0, 0.1) is 0 Å². The molecule has 0 unspecified atom stereocenters. The monoisotopic (exact) mass is 393 g/mol. The smallest absolute Gasteiger partial charge is 0.387 e. The van der Waals surface area contributed by atoms with Gasteiger partial charge in [-0.3, -0.25) is 4.79 Å². The second-order valence-corrected chi connectivity index (χ2v) is 6.04. The van der Waals surface area contributed by atoms with E-state index in [-0.39, 0.29) is 22.9 Å². The average Bonchev–Trinajstić information content (AvgIpc) is 3.10. The van der Waals surface area contributed by atoms with Crippen LogP contribution in [0.4, 0.5) is 14.5 Å². The van der Waals surface area contributed by atoms with E-state index in [9.17, 15) is 18.7 Å². The summed E-state index contributed by atoms with van der Waals surface area (Å²) in [6.07, 6.45) is 0. The van der Waals surface area contributed by atoms with Crippen LogP contribution in [0.2, 0.25) is 0 Å². The van der Waals surface area contributed by atoms with Crippen molar-refractivity contribution < 1.29 is 23.4 Å². The van der Waals surface area contributed by atoms with Crippen LogP contribution in [0.1, 0.15) is 0 Å². The molecule has 0 aliphatic rings. The van der Waals surface area contributed by atoms with Gasteiger partial charge >= 0.3 is 6.61 Å². The van der Waals surface area contributed by atoms with Crippen molar-refractivity contribution >= 4 is 23.4 Å². The van der Waals surface area contributed by atoms with Crippen LogP contribution in [0.5, 0.6) is 11.5 Å². The Labute approximate surface area is 156 Å². The molecule has 11 heteroatoms. The van der Waals surface area contributed by atoms with Gasteiger partial charge in [-0.25, -0.2) is 0 Å². The lowest BCUT2D eigenvalue weighted by molar-refractivity contribution is -0.113. The van der Waals surface area contributed by atoms with E-state index in [1.54, 1.807) is 18.2 Å². The molecule has 3 aromatic rings. The minimum absolute atomic E-state index is 0.0541. The number of tetrazole rings is 1. The fourth-order valence-corrected chi connectivity index (χ4v) is 2.80. The molecule has 0 aliphatic heterocycles. The zero-order valence-corrected chi connectivity index (χ0v) is 14.4. The number of nitrogens with zero attached hydrogens (tertiary/aromatic N) is 4. The molecule has 0 spiro atoms. The van der Waals surface area contributed by atoms with Crippen LogP contribution in [0.15, 0.2) is 53.7 Å². The lowest BCUT2D eigenvalue weighted by Crippen LogP contribution is -2.16. The molecule has 0 saturated heterocycles. The third kappa shape index (κ3) is 4.91. The van der Waals surface area contributed by atoms with E-state index >= 15 is 0 Å². The fourth-order valence-electron chi connectivity index (χ4n) is 2.11. The number of benzene rings is 2. The van der Waals surface area contributed by atoms with Gasteiger partial charge < -0.3 is 15.2 Å². The number of para-hydroxylation sites is 2. The number of ether oxygens (including phenoxy) is 1. The maximum Gasteiger partial charge on any atom is 0.387 e. The van der Waals surface area contributed by atoms with Gasteiger partial charge in [0.25, 0.3) is 0 Å². The van der Waals surface area contributed by atoms with Crippen molar-refractivity contribution in [2.75, 3.05) is 11.1 Å². The number of aromatic hydroxyl groups is 1. The summed E-state index contributed by atoms with van der Waals surface area (Å²) < 4.78 is 30.6. The van der Waals surface area contributed by atoms with Gasteiger partial charge in [-0.15, -0.1) is 5.10 Å². The summed E-state index contributed by atoms with van der Waals surface area (Å²) in [6, 6.07) is 12.1. The molecular formula is C16H13F2N5O3S. The van der Waals surface area contributed by atoms with Gasteiger partial charge in [0.2, 0.25) is 11.1 Å². The first-order chi connectivity index (χ1) is 13.0. The number of thioether (sulfide) groups is 1. The third-order valence-electron chi connectivity index (χ3n) is 3.24. The summed E-state index contributed by atoms with van der Waals surface area (Å²) in [7, 11) is 0. The first-order valence-corrected chi connectivity index (χ1v) is 8.56. The molecule has 1 amide bonds. The molecule has 140 valence electrons. The Hall–Kier alpha value is -3.21. The Bertz CT molecular complexity index is 920. The quantitative estimate of drug-likeness (QED) is 0.595. The average molecular weight is 393 g/mol. The molecule has 27 heavy (non-hydrogen) atoms. The standard InChI is InChI=1S/C16H13F2N5O3S/c17-15(18)26-13-4-2-1-3-12(13)19-14(25)9-27-16-20-21-22-23(16)10-5-7-11(24)8-6-10/h1-8,15,24H,9H2,(H,19,25). The number of phenols is 1. The molecule has 0 radical (unpaired) electrons. The Morgan fingerprint density at radius 2 is 1.96 bits per heavy atom. The highest BCUT2D eigenvalue weighted by molar-refractivity contribution is 7.99. The van der Waals surface area contributed by atoms with Crippen LogP contribution < -0.4 is 10.1 Å². The Morgan fingerprint density at radius 3 is 2.70 bits per heavy atom. The highest BCUT2D eigenvalue weighted by Gasteiger charge is 2.14. The number of hydrogen-bond donors (Lipinski definition) is 2. The number of carbonyl (C=O) groups excluding carboxylic acids is 1. The van der Waals surface area contributed by atoms with Crippen molar-refractivity contribution in [3.63, 3.8) is 0 Å². The van der Waals surface area contributed by atoms with Gasteiger partial charge in [-0.2, -0.15) is 13.5 Å². The molecular weight excluding hydrogens is 380 g/mol. The summed E-state index contributed by atoms with van der Waals surface area (Å²) in [5, 5.41) is 23.5. The van der Waals surface area contributed by atoms with Crippen molar-refractivity contribution in [2.24, 2.45) is 0 Å². The van der Waals surface area contributed by atoms with Crippen LogP contribution in [0.3, 0.4) is 0 Å². The number of phenolic OH excluding ortho intramolecular Hbond substituents is 1. The molecule has 2 N–H and O–H groups in total. The lowest BCUT2D eigenvalue weighted by atomic mass is 10.3. The maximum absolute atomic E-state index is 12.4. The van der Waals surface area contributed by atoms with E-state index < -0.39 is 12.5 Å². The van der Waals surface area contributed by atoms with Gasteiger partial charge in [0.15, 0.2) is 0 Å². The SMILES string of the molecule is O=C(CSc1nnnn1-c1ccc(O)cc1)Nc1ccccc1OC(F)F. The summed E-state index contributed by atoms with van der Waals surface area (Å²) >= 11 is 1.06. The summed E-state index contributed by atoms with van der Waals surface area (Å²) in [5.41, 5.74) is 0.748. The van der Waals surface area contributed by atoms with Crippen molar-refractivity contribution in [2.45, 2.75) is 11.8 Å². The molecule has 0 bridgehead atoms. The summed E-state index contributed by atoms with van der Waals surface area (Å²) in [6.45, 7) is -2.99. The van der Waals surface area contributed by atoms with E-state index in [4.69, 9.17) is 0 Å². The zero-order chi connectivity index (χ0) is 19.2. The van der Waals surface area contributed by atoms with Gasteiger partial charge in [0, 0.05) is 0 Å². The highest BCUT2D eigenvalue weighted by atomic mass is 32.2. The van der Waals surface area contributed by atoms with E-state index in [1.807, 2.05) is 0 Å². The number of aromatic nitrogens is 4. The largest absolute Gasteiger partial charge is 0.508 e. The minimum Gasteiger partial charge on any atom is -0.508 e. The van der Waals surface area contributed by atoms with Crippen molar-refractivity contribution in [1.29, 1.82) is 0 Å². The van der Waals surface area contributed by atoms with E-state index in [0.29, 0.717) is 10.8 Å². The minimum atomic E-state index is -2.99. The molecule has 3 rings (SSSR count). The van der Waals surface area contributed by atoms with Crippen LogP contribution in [-0.2, 0) is 4.79 Å². The number of hydrogen-bond acceptors (Lipinski definition) is 7. The molecule has 8 nitrogen and oxygen atoms in total. The van der Waals surface area contributed by atoms with Gasteiger partial charge in [0.1, 0.15) is 11.5 Å². The van der Waals surface area contributed by atoms with Gasteiger partial charge in [-0.05, 0) is 46.8 Å². The number of halogens is 2. The lowest BCUT2D eigenvalue weighted by Gasteiger charge is -2.11. The van der Waals surface area contributed by atoms with Crippen LogP contribution in [-0.4, -0.2) is 43.6 Å². The second kappa shape index (κ2) is 8.45. The molecule has 0 fully saturated rings. The van der Waals surface area contributed by atoms with E-state index in [2.05, 4.69) is 25.6 Å². The number of amides is 1. The molecule has 0 saturated carbocycles. The Kier molecular flexibility index (Phi) is 5.81. The van der Waals surface area contributed by atoms with Gasteiger partial charge in [-0.1, -0.05) is 23.9 Å².